The number of thiophene rings is 2. The number of hydrogen-bond acceptors (Lipinski definition) is 6. The highest BCUT2D eigenvalue weighted by molar-refractivity contribution is 9.11. The molecule has 0 aliphatic rings. The van der Waals surface area contributed by atoms with E-state index in [9.17, 15) is 9.59 Å². The number of carbonyl (C=O) groups excluding carboxylic acids is 2. The van der Waals surface area contributed by atoms with Gasteiger partial charge < -0.3 is 9.47 Å². The maximum Gasteiger partial charge on any atom is 0.361 e. The monoisotopic (exact) mass is 560 g/mol. The van der Waals surface area contributed by atoms with Crippen molar-refractivity contribution in [3.8, 4) is 22.3 Å². The lowest BCUT2D eigenvalue weighted by molar-refractivity contribution is -0.139. The summed E-state index contributed by atoms with van der Waals surface area (Å²) in [6.45, 7) is 3.35. The van der Waals surface area contributed by atoms with E-state index in [1.54, 1.807) is 6.07 Å². The van der Waals surface area contributed by atoms with Crippen LogP contribution in [0.2, 0.25) is 0 Å². The molecule has 4 nitrogen and oxygen atoms in total. The fraction of sp³-hybridized carbons (Fsp3) is 0.0909. The van der Waals surface area contributed by atoms with E-state index in [-0.39, 0.29) is 18.0 Å². The van der Waals surface area contributed by atoms with Gasteiger partial charge in [0.05, 0.1) is 26.0 Å². The molecule has 0 N–H and O–H groups in total. The third-order valence-corrected chi connectivity index (χ3v) is 6.82. The quantitative estimate of drug-likeness (QED) is 0.200. The first-order valence-corrected chi connectivity index (χ1v) is 11.1. The number of ether oxygens (including phenoxy) is 2. The molecule has 8 heteroatoms. The van der Waals surface area contributed by atoms with Gasteiger partial charge in [-0.3, -0.25) is 4.79 Å². The lowest BCUT2D eigenvalue weighted by atomic mass is 10.0. The molecule has 2 rings (SSSR count). The van der Waals surface area contributed by atoms with Gasteiger partial charge in [-0.2, -0.15) is 0 Å². The third kappa shape index (κ3) is 6.14. The van der Waals surface area contributed by atoms with E-state index in [4.69, 9.17) is 15.9 Å². The van der Waals surface area contributed by atoms with Gasteiger partial charge in [0.15, 0.2) is 0 Å². The van der Waals surface area contributed by atoms with Crippen LogP contribution in [-0.2, 0) is 25.5 Å². The Kier molecular flexibility index (Phi) is 9.00. The van der Waals surface area contributed by atoms with Crippen molar-refractivity contribution in [3.05, 3.63) is 71.8 Å². The zero-order chi connectivity index (χ0) is 22.1. The molecule has 0 saturated heterocycles. The van der Waals surface area contributed by atoms with Crippen molar-refractivity contribution in [2.75, 3.05) is 7.11 Å². The van der Waals surface area contributed by atoms with Crippen LogP contribution in [0.3, 0.4) is 0 Å². The van der Waals surface area contributed by atoms with E-state index in [1.165, 1.54) is 29.8 Å². The van der Waals surface area contributed by atoms with Crippen LogP contribution in [0.1, 0.15) is 11.1 Å². The highest BCUT2D eigenvalue weighted by Crippen LogP contribution is 2.45. The van der Waals surface area contributed by atoms with Crippen molar-refractivity contribution in [2.24, 2.45) is 0 Å². The molecule has 0 aliphatic heterocycles. The molecule has 0 bridgehead atoms. The summed E-state index contributed by atoms with van der Waals surface area (Å²) in [5, 5.41) is 0. The second-order valence-corrected chi connectivity index (χ2v) is 10.00. The highest BCUT2D eigenvalue weighted by Gasteiger charge is 2.24. The van der Waals surface area contributed by atoms with Gasteiger partial charge in [-0.15, -0.1) is 22.7 Å². The normalized spacial score (nSPS) is 8.87. The van der Waals surface area contributed by atoms with Crippen molar-refractivity contribution < 1.29 is 19.1 Å². The molecule has 30 heavy (non-hydrogen) atoms. The predicted octanol–water partition coefficient (Wildman–Crippen LogP) is 5.79. The second kappa shape index (κ2) is 11.5. The SMILES string of the molecule is C#COC(=O)C(=C=C=C=C=C=C=C)c1cc(Br)sc1-c1sc(Br)cc1CC(=O)OC. The number of methoxy groups -OCH3 is 1. The van der Waals surface area contributed by atoms with Gasteiger partial charge in [0.1, 0.15) is 11.7 Å². The van der Waals surface area contributed by atoms with E-state index >= 15 is 0 Å². The number of esters is 2. The minimum atomic E-state index is -0.785. The van der Waals surface area contributed by atoms with Crippen molar-refractivity contribution in [3.63, 3.8) is 0 Å². The topological polar surface area (TPSA) is 52.6 Å². The van der Waals surface area contributed by atoms with Crippen LogP contribution < -0.4 is 0 Å². The molecule has 0 aromatic carbocycles. The molecule has 2 heterocycles. The van der Waals surface area contributed by atoms with E-state index < -0.39 is 5.97 Å². The molecule has 0 spiro atoms. The number of terminal acetylenes is 1. The molecule has 2 aromatic rings. The van der Waals surface area contributed by atoms with Gasteiger partial charge >= 0.3 is 11.9 Å². The maximum absolute atomic E-state index is 12.5. The summed E-state index contributed by atoms with van der Waals surface area (Å²) in [7, 11) is 1.33. The summed E-state index contributed by atoms with van der Waals surface area (Å²) >= 11 is 9.69. The van der Waals surface area contributed by atoms with Gasteiger partial charge in [0.25, 0.3) is 0 Å². The van der Waals surface area contributed by atoms with Gasteiger partial charge in [-0.1, -0.05) is 12.2 Å². The van der Waals surface area contributed by atoms with Crippen LogP contribution in [0.4, 0.5) is 0 Å². The molecule has 2 aromatic heterocycles. The summed E-state index contributed by atoms with van der Waals surface area (Å²) in [4.78, 5) is 25.8. The molecule has 0 radical (unpaired) electrons. The first kappa shape index (κ1) is 23.6. The second-order valence-electron chi connectivity index (χ2n) is 5.14. The molecule has 0 unspecified atom stereocenters. The van der Waals surface area contributed by atoms with Crippen LogP contribution in [0.5, 0.6) is 0 Å². The molecule has 0 aliphatic carbocycles. The Morgan fingerprint density at radius 1 is 1.10 bits per heavy atom. The lowest BCUT2D eigenvalue weighted by Crippen LogP contribution is -2.05. The van der Waals surface area contributed by atoms with E-state index in [2.05, 4.69) is 72.8 Å². The molecular weight excluding hydrogens is 552 g/mol. The van der Waals surface area contributed by atoms with Crippen LogP contribution in [0.25, 0.3) is 15.3 Å². The zero-order valence-corrected chi connectivity index (χ0v) is 20.2. The summed E-state index contributed by atoms with van der Waals surface area (Å²) in [6, 6.07) is 3.57. The van der Waals surface area contributed by atoms with Crippen LogP contribution in [-0.4, -0.2) is 19.0 Å². The minimum absolute atomic E-state index is 0.0373. The summed E-state index contributed by atoms with van der Waals surface area (Å²) in [5.41, 5.74) is 16.4. The number of carbonyl (C=O) groups is 2. The molecule has 0 amide bonds. The van der Waals surface area contributed by atoms with Crippen LogP contribution in [0.15, 0.2) is 60.7 Å². The predicted molar refractivity (Wildman–Crippen MR) is 124 cm³/mol. The van der Waals surface area contributed by atoms with Crippen LogP contribution >= 0.6 is 54.5 Å². The molecule has 0 saturated carbocycles. The maximum atomic E-state index is 12.5. The molecule has 0 atom stereocenters. The van der Waals surface area contributed by atoms with Crippen molar-refractivity contribution in [1.29, 1.82) is 0 Å². The Hall–Kier alpha value is -2.72. The fourth-order valence-corrected chi connectivity index (χ4v) is 5.65. The Morgan fingerprint density at radius 2 is 1.77 bits per heavy atom. The fourth-order valence-electron chi connectivity index (χ4n) is 2.19. The van der Waals surface area contributed by atoms with Gasteiger partial charge in [-0.25, -0.2) is 4.79 Å². The zero-order valence-electron chi connectivity index (χ0n) is 15.4. The van der Waals surface area contributed by atoms with Gasteiger partial charge in [0, 0.05) is 10.4 Å². The molecule has 148 valence electrons. The lowest BCUT2D eigenvalue weighted by Gasteiger charge is -2.05. The first-order chi connectivity index (χ1) is 14.4. The average molecular weight is 562 g/mol. The Balaban J connectivity index is 2.79. The number of halogens is 2. The van der Waals surface area contributed by atoms with Crippen molar-refractivity contribution in [1.82, 2.24) is 0 Å². The molecular formula is C22H10Br2O4S2. The van der Waals surface area contributed by atoms with Crippen molar-refractivity contribution >= 4 is 72.0 Å². The highest BCUT2D eigenvalue weighted by atomic mass is 79.9. The van der Waals surface area contributed by atoms with E-state index in [1.807, 2.05) is 12.2 Å². The third-order valence-electron chi connectivity index (χ3n) is 3.34. The Bertz CT molecular complexity index is 1290. The average Bonchev–Trinajstić information content (AvgIpc) is 3.26. The summed E-state index contributed by atoms with van der Waals surface area (Å²) in [6.07, 6.45) is 7.06. The molecule has 0 fully saturated rings. The Morgan fingerprint density at radius 3 is 2.43 bits per heavy atom. The standard InChI is InChI=1S/C22H10Br2O4S2/c1-4-6-7-8-9-10-15(22(26)28-5-2)16-13-18(24)30-21(16)20-14(11-17(23)29-20)12-19(25)27-3/h2,11,13H,1,12H2,3H3. The minimum Gasteiger partial charge on any atom is -0.469 e. The van der Waals surface area contributed by atoms with Gasteiger partial charge in [0.2, 0.25) is 0 Å². The summed E-state index contributed by atoms with van der Waals surface area (Å²) in [5.74, 6) is -1.16. The van der Waals surface area contributed by atoms with Crippen molar-refractivity contribution in [2.45, 2.75) is 6.42 Å². The Labute approximate surface area is 197 Å². The largest absolute Gasteiger partial charge is 0.469 e. The summed E-state index contributed by atoms with van der Waals surface area (Å²) < 4.78 is 11.1. The van der Waals surface area contributed by atoms with E-state index in [0.29, 0.717) is 5.56 Å². The van der Waals surface area contributed by atoms with E-state index in [0.717, 1.165) is 22.9 Å². The first-order valence-electron chi connectivity index (χ1n) is 7.88. The number of hydrogen-bond donors (Lipinski definition) is 0. The van der Waals surface area contributed by atoms with Gasteiger partial charge in [-0.05, 0) is 84.8 Å². The number of rotatable bonds is 5. The smallest absolute Gasteiger partial charge is 0.361 e. The van der Waals surface area contributed by atoms with Crippen LogP contribution in [0, 0.1) is 12.5 Å².